The molecule has 5 nitrogen and oxygen atoms in total. The van der Waals surface area contributed by atoms with Crippen molar-refractivity contribution >= 4 is 35.0 Å². The number of anilines is 2. The summed E-state index contributed by atoms with van der Waals surface area (Å²) in [5.74, 6) is 0.228. The van der Waals surface area contributed by atoms with E-state index in [-0.39, 0.29) is 11.8 Å². The van der Waals surface area contributed by atoms with Crippen LogP contribution in [0.25, 0.3) is 0 Å². The fraction of sp³-hybridized carbons (Fsp3) is 0.250. The average Bonchev–Trinajstić information content (AvgIpc) is 3.06. The van der Waals surface area contributed by atoms with Gasteiger partial charge in [-0.2, -0.15) is 5.26 Å². The Bertz CT molecular complexity index is 889. The van der Waals surface area contributed by atoms with Crippen LogP contribution in [0.1, 0.15) is 28.8 Å². The highest BCUT2D eigenvalue weighted by molar-refractivity contribution is 7.99. The highest BCUT2D eigenvalue weighted by Crippen LogP contribution is 2.28. The van der Waals surface area contributed by atoms with Crippen molar-refractivity contribution in [2.75, 3.05) is 22.5 Å². The first-order chi connectivity index (χ1) is 12.6. The lowest BCUT2D eigenvalue weighted by molar-refractivity contribution is -0.117. The monoisotopic (exact) mass is 365 g/mol. The highest BCUT2D eigenvalue weighted by Gasteiger charge is 2.23. The van der Waals surface area contributed by atoms with E-state index < -0.39 is 0 Å². The molecule has 0 aromatic heterocycles. The van der Waals surface area contributed by atoms with E-state index in [1.807, 2.05) is 37.3 Å². The zero-order valence-electron chi connectivity index (χ0n) is 14.5. The number of nitrogens with one attached hydrogen (secondary N) is 1. The molecule has 1 N–H and O–H groups in total. The lowest BCUT2D eigenvalue weighted by Crippen LogP contribution is -2.24. The third-order valence-corrected chi connectivity index (χ3v) is 5.18. The first-order valence-electron chi connectivity index (χ1n) is 8.41. The largest absolute Gasteiger partial charge is 0.322 e. The molecule has 0 unspecified atom stereocenters. The summed E-state index contributed by atoms with van der Waals surface area (Å²) in [7, 11) is 0. The van der Waals surface area contributed by atoms with Crippen molar-refractivity contribution in [1.29, 1.82) is 5.26 Å². The van der Waals surface area contributed by atoms with Crippen LogP contribution in [0.2, 0.25) is 0 Å². The molecule has 0 atom stereocenters. The van der Waals surface area contributed by atoms with E-state index in [1.54, 1.807) is 17.0 Å². The number of nitriles is 1. The van der Waals surface area contributed by atoms with Crippen molar-refractivity contribution < 1.29 is 9.59 Å². The Labute approximate surface area is 157 Å². The summed E-state index contributed by atoms with van der Waals surface area (Å²) in [5, 5.41) is 11.7. The zero-order valence-corrected chi connectivity index (χ0v) is 15.3. The van der Waals surface area contributed by atoms with Gasteiger partial charge in [0.05, 0.1) is 17.4 Å². The van der Waals surface area contributed by atoms with Gasteiger partial charge in [0.1, 0.15) is 0 Å². The number of thioether (sulfide) groups is 1. The van der Waals surface area contributed by atoms with Crippen molar-refractivity contribution in [3.8, 4) is 6.07 Å². The molecule has 1 heterocycles. The number of hydrogen-bond donors (Lipinski definition) is 1. The predicted octanol–water partition coefficient (Wildman–Crippen LogP) is 3.99. The van der Waals surface area contributed by atoms with E-state index in [0.717, 1.165) is 29.1 Å². The maximum absolute atomic E-state index is 12.6. The van der Waals surface area contributed by atoms with Gasteiger partial charge in [0.25, 0.3) is 5.91 Å². The van der Waals surface area contributed by atoms with Crippen molar-refractivity contribution in [3.63, 3.8) is 0 Å². The van der Waals surface area contributed by atoms with Crippen molar-refractivity contribution in [2.45, 2.75) is 24.7 Å². The van der Waals surface area contributed by atoms with Crippen LogP contribution in [0.4, 0.5) is 11.4 Å². The minimum Gasteiger partial charge on any atom is -0.322 e. The number of amides is 2. The molecule has 0 radical (unpaired) electrons. The summed E-state index contributed by atoms with van der Waals surface area (Å²) < 4.78 is 0. The summed E-state index contributed by atoms with van der Waals surface area (Å²) in [6, 6.07) is 14.9. The maximum atomic E-state index is 12.6. The number of hydrogen-bond acceptors (Lipinski definition) is 4. The van der Waals surface area contributed by atoms with Crippen LogP contribution in [-0.2, 0) is 4.79 Å². The predicted molar refractivity (Wildman–Crippen MR) is 103 cm³/mol. The van der Waals surface area contributed by atoms with Gasteiger partial charge < -0.3 is 10.2 Å². The highest BCUT2D eigenvalue weighted by atomic mass is 32.2. The van der Waals surface area contributed by atoms with Gasteiger partial charge in [0.15, 0.2) is 0 Å². The Morgan fingerprint density at radius 1 is 1.31 bits per heavy atom. The fourth-order valence-corrected chi connectivity index (χ4v) is 3.74. The minimum absolute atomic E-state index is 0.147. The molecule has 1 aliphatic heterocycles. The van der Waals surface area contributed by atoms with Crippen LogP contribution in [0, 0.1) is 18.3 Å². The van der Waals surface area contributed by atoms with E-state index in [9.17, 15) is 9.59 Å². The van der Waals surface area contributed by atoms with Crippen molar-refractivity contribution in [2.24, 2.45) is 0 Å². The second kappa shape index (κ2) is 8.07. The Hall–Kier alpha value is -2.78. The van der Waals surface area contributed by atoms with Crippen LogP contribution in [0.5, 0.6) is 0 Å². The number of carbonyl (C=O) groups excluding carboxylic acids is 2. The van der Waals surface area contributed by atoms with Gasteiger partial charge in [0, 0.05) is 29.2 Å². The molecular formula is C20H19N3O2S. The first-order valence-corrected chi connectivity index (χ1v) is 9.40. The van der Waals surface area contributed by atoms with Gasteiger partial charge in [0.2, 0.25) is 5.91 Å². The van der Waals surface area contributed by atoms with Crippen LogP contribution in [0.3, 0.4) is 0 Å². The number of aryl methyl sites for hydroxylation is 1. The standard InChI is InChI=1S/C20H19N3O2S/c1-14-13-15(8-9-17(14)23-11-4-7-19(23)24)22-20(25)16-5-2-3-6-18(16)26-12-10-21/h2-3,5-6,8-9,13H,4,7,11-12H2,1H3,(H,22,25). The average molecular weight is 365 g/mol. The molecule has 3 rings (SSSR count). The molecule has 6 heteroatoms. The van der Waals surface area contributed by atoms with E-state index >= 15 is 0 Å². The van der Waals surface area contributed by atoms with Gasteiger partial charge in [-0.05, 0) is 49.2 Å². The topological polar surface area (TPSA) is 73.2 Å². The van der Waals surface area contributed by atoms with E-state index in [1.165, 1.54) is 11.8 Å². The lowest BCUT2D eigenvalue weighted by Gasteiger charge is -2.19. The molecular weight excluding hydrogens is 346 g/mol. The van der Waals surface area contributed by atoms with Gasteiger partial charge in [-0.25, -0.2) is 0 Å². The van der Waals surface area contributed by atoms with Crippen LogP contribution in [0.15, 0.2) is 47.4 Å². The second-order valence-corrected chi connectivity index (χ2v) is 7.06. The SMILES string of the molecule is Cc1cc(NC(=O)c2ccccc2SCC#N)ccc1N1CCCC1=O. The molecule has 132 valence electrons. The molecule has 0 aliphatic carbocycles. The molecule has 0 saturated carbocycles. The lowest BCUT2D eigenvalue weighted by atomic mass is 10.1. The third kappa shape index (κ3) is 3.89. The fourth-order valence-electron chi connectivity index (χ4n) is 3.03. The molecule has 2 amide bonds. The van der Waals surface area contributed by atoms with Crippen molar-refractivity contribution in [1.82, 2.24) is 0 Å². The quantitative estimate of drug-likeness (QED) is 0.813. The second-order valence-electron chi connectivity index (χ2n) is 6.05. The molecule has 1 fully saturated rings. The molecule has 2 aromatic rings. The van der Waals surface area contributed by atoms with Crippen LogP contribution < -0.4 is 10.2 Å². The van der Waals surface area contributed by atoms with E-state index in [0.29, 0.717) is 23.4 Å². The normalized spacial score (nSPS) is 13.5. The Morgan fingerprint density at radius 3 is 2.81 bits per heavy atom. The number of nitrogens with zero attached hydrogens (tertiary/aromatic N) is 2. The first kappa shape index (κ1) is 18.0. The smallest absolute Gasteiger partial charge is 0.256 e. The molecule has 0 spiro atoms. The summed E-state index contributed by atoms with van der Waals surface area (Å²) in [6.07, 6.45) is 1.48. The number of benzene rings is 2. The van der Waals surface area contributed by atoms with E-state index in [4.69, 9.17) is 5.26 Å². The van der Waals surface area contributed by atoms with E-state index in [2.05, 4.69) is 11.4 Å². The summed E-state index contributed by atoms with van der Waals surface area (Å²) in [6.45, 7) is 2.68. The van der Waals surface area contributed by atoms with Gasteiger partial charge in [-0.1, -0.05) is 12.1 Å². The molecule has 1 saturated heterocycles. The minimum atomic E-state index is -0.213. The van der Waals surface area contributed by atoms with Crippen LogP contribution in [-0.4, -0.2) is 24.1 Å². The summed E-state index contributed by atoms with van der Waals surface area (Å²) in [4.78, 5) is 27.1. The van der Waals surface area contributed by atoms with Gasteiger partial charge in [-0.3, -0.25) is 9.59 Å². The van der Waals surface area contributed by atoms with Gasteiger partial charge >= 0.3 is 0 Å². The molecule has 1 aliphatic rings. The number of rotatable bonds is 5. The Balaban J connectivity index is 1.77. The molecule has 0 bridgehead atoms. The zero-order chi connectivity index (χ0) is 18.5. The van der Waals surface area contributed by atoms with Crippen LogP contribution >= 0.6 is 11.8 Å². The Morgan fingerprint density at radius 2 is 2.12 bits per heavy atom. The number of carbonyl (C=O) groups is 2. The van der Waals surface area contributed by atoms with Gasteiger partial charge in [-0.15, -0.1) is 11.8 Å². The molecule has 26 heavy (non-hydrogen) atoms. The Kier molecular flexibility index (Phi) is 5.59. The maximum Gasteiger partial charge on any atom is 0.256 e. The summed E-state index contributed by atoms with van der Waals surface area (Å²) in [5.41, 5.74) is 3.08. The van der Waals surface area contributed by atoms with Crippen molar-refractivity contribution in [3.05, 3.63) is 53.6 Å². The molecule has 2 aromatic carbocycles. The summed E-state index contributed by atoms with van der Waals surface area (Å²) >= 11 is 1.34. The third-order valence-electron chi connectivity index (χ3n) is 4.24.